The summed E-state index contributed by atoms with van der Waals surface area (Å²) in [7, 11) is 1.37. The van der Waals surface area contributed by atoms with Crippen LogP contribution in [0.3, 0.4) is 0 Å². The number of rotatable bonds is 7. The van der Waals surface area contributed by atoms with Gasteiger partial charge in [0.25, 0.3) is 0 Å². The lowest BCUT2D eigenvalue weighted by Crippen LogP contribution is -2.44. The zero-order valence-corrected chi connectivity index (χ0v) is 17.3. The van der Waals surface area contributed by atoms with E-state index in [1.807, 2.05) is 49.4 Å². The van der Waals surface area contributed by atoms with Crippen molar-refractivity contribution in [1.82, 2.24) is 10.2 Å². The lowest BCUT2D eigenvalue weighted by molar-refractivity contribution is -0.141. The Balaban J connectivity index is 1.64. The number of likely N-dealkylation sites (tertiary alicyclic amines) is 1. The number of nitrogens with zero attached hydrogens (tertiary/aromatic N) is 1. The topological polar surface area (TPSA) is 58.6 Å². The van der Waals surface area contributed by atoms with Crippen LogP contribution in [-0.4, -0.2) is 37.0 Å². The Bertz CT molecular complexity index is 805. The highest BCUT2D eigenvalue weighted by atomic mass is 16.5. The molecular formula is C24H30N2O3. The number of aryl methyl sites for hydroxylation is 1. The van der Waals surface area contributed by atoms with Crippen molar-refractivity contribution in [2.75, 3.05) is 20.2 Å². The van der Waals surface area contributed by atoms with E-state index in [0.29, 0.717) is 0 Å². The molecule has 1 saturated heterocycles. The zero-order chi connectivity index (χ0) is 20.6. The Morgan fingerprint density at radius 2 is 1.86 bits per heavy atom. The lowest BCUT2D eigenvalue weighted by Gasteiger charge is -2.33. The average molecular weight is 395 g/mol. The van der Waals surface area contributed by atoms with Crippen LogP contribution in [0.1, 0.15) is 42.0 Å². The van der Waals surface area contributed by atoms with Crippen LogP contribution in [0.2, 0.25) is 0 Å². The SMILES string of the molecule is COC(=O)CC(NC(=O)C1CCCN(Cc2ccccc2)C1)c1ccc(C)cc1. The van der Waals surface area contributed by atoms with E-state index < -0.39 is 0 Å². The van der Waals surface area contributed by atoms with Crippen LogP contribution in [0.4, 0.5) is 0 Å². The molecule has 0 aromatic heterocycles. The van der Waals surface area contributed by atoms with Crippen molar-refractivity contribution in [3.63, 3.8) is 0 Å². The quantitative estimate of drug-likeness (QED) is 0.729. The number of nitrogens with one attached hydrogen (secondary N) is 1. The first-order valence-corrected chi connectivity index (χ1v) is 10.2. The minimum Gasteiger partial charge on any atom is -0.469 e. The van der Waals surface area contributed by atoms with Gasteiger partial charge in [-0.2, -0.15) is 0 Å². The van der Waals surface area contributed by atoms with E-state index in [-0.39, 0.29) is 30.3 Å². The molecule has 1 aliphatic rings. The third-order valence-electron chi connectivity index (χ3n) is 5.52. The van der Waals surface area contributed by atoms with Crippen molar-refractivity contribution in [2.24, 2.45) is 5.92 Å². The monoisotopic (exact) mass is 394 g/mol. The van der Waals surface area contributed by atoms with Gasteiger partial charge in [0.05, 0.1) is 25.5 Å². The minimum atomic E-state index is -0.375. The second-order valence-electron chi connectivity index (χ2n) is 7.81. The third kappa shape index (κ3) is 6.16. The van der Waals surface area contributed by atoms with Crippen molar-refractivity contribution in [2.45, 2.75) is 38.8 Å². The number of piperidine rings is 1. The van der Waals surface area contributed by atoms with Crippen LogP contribution in [0, 0.1) is 12.8 Å². The number of hydrogen-bond donors (Lipinski definition) is 1. The maximum atomic E-state index is 13.0. The zero-order valence-electron chi connectivity index (χ0n) is 17.3. The summed E-state index contributed by atoms with van der Waals surface area (Å²) in [6.45, 7) is 4.61. The van der Waals surface area contributed by atoms with Crippen LogP contribution in [0.15, 0.2) is 54.6 Å². The van der Waals surface area contributed by atoms with Crippen molar-refractivity contribution in [3.8, 4) is 0 Å². The minimum absolute atomic E-state index is 0.0113. The second-order valence-corrected chi connectivity index (χ2v) is 7.81. The van der Waals surface area contributed by atoms with Crippen LogP contribution in [0.25, 0.3) is 0 Å². The Labute approximate surface area is 173 Å². The van der Waals surface area contributed by atoms with Gasteiger partial charge >= 0.3 is 5.97 Å². The molecule has 2 aromatic carbocycles. The summed E-state index contributed by atoms with van der Waals surface area (Å²) in [4.78, 5) is 27.3. The first-order chi connectivity index (χ1) is 14.0. The Hall–Kier alpha value is -2.66. The smallest absolute Gasteiger partial charge is 0.307 e. The number of amides is 1. The molecule has 1 N–H and O–H groups in total. The molecule has 1 heterocycles. The van der Waals surface area contributed by atoms with Gasteiger partial charge in [-0.25, -0.2) is 0 Å². The maximum Gasteiger partial charge on any atom is 0.307 e. The number of methoxy groups -OCH3 is 1. The molecule has 2 unspecified atom stereocenters. The van der Waals surface area contributed by atoms with Crippen LogP contribution in [-0.2, 0) is 20.9 Å². The number of carbonyl (C=O) groups excluding carboxylic acids is 2. The molecule has 0 aliphatic carbocycles. The molecule has 29 heavy (non-hydrogen) atoms. The van der Waals surface area contributed by atoms with E-state index in [4.69, 9.17) is 4.74 Å². The van der Waals surface area contributed by atoms with E-state index >= 15 is 0 Å². The van der Waals surface area contributed by atoms with Gasteiger partial charge in [0.2, 0.25) is 5.91 Å². The molecule has 0 spiro atoms. The molecule has 1 aliphatic heterocycles. The van der Waals surface area contributed by atoms with E-state index in [1.165, 1.54) is 12.7 Å². The van der Waals surface area contributed by atoms with Crippen molar-refractivity contribution >= 4 is 11.9 Å². The second kappa shape index (κ2) is 10.2. The summed E-state index contributed by atoms with van der Waals surface area (Å²) in [5, 5.41) is 3.11. The molecule has 1 amide bonds. The summed E-state index contributed by atoms with van der Waals surface area (Å²) < 4.78 is 4.84. The fourth-order valence-corrected chi connectivity index (χ4v) is 3.85. The van der Waals surface area contributed by atoms with Gasteiger partial charge in [-0.3, -0.25) is 14.5 Å². The first kappa shape index (κ1) is 21.1. The Morgan fingerprint density at radius 3 is 2.55 bits per heavy atom. The van der Waals surface area contributed by atoms with Crippen molar-refractivity contribution in [3.05, 3.63) is 71.3 Å². The predicted molar refractivity (Wildman–Crippen MR) is 113 cm³/mol. The molecule has 0 bridgehead atoms. The molecular weight excluding hydrogens is 364 g/mol. The fraction of sp³-hybridized carbons (Fsp3) is 0.417. The number of esters is 1. The highest BCUT2D eigenvalue weighted by Crippen LogP contribution is 2.23. The number of benzene rings is 2. The number of carbonyl (C=O) groups is 2. The molecule has 3 rings (SSSR count). The molecule has 5 heteroatoms. The van der Waals surface area contributed by atoms with Crippen LogP contribution in [0.5, 0.6) is 0 Å². The fourth-order valence-electron chi connectivity index (χ4n) is 3.85. The van der Waals surface area contributed by atoms with Crippen LogP contribution < -0.4 is 5.32 Å². The Morgan fingerprint density at radius 1 is 1.14 bits per heavy atom. The van der Waals surface area contributed by atoms with Gasteiger partial charge in [-0.15, -0.1) is 0 Å². The molecule has 0 saturated carbocycles. The normalized spacial score (nSPS) is 18.1. The molecule has 2 aromatic rings. The maximum absolute atomic E-state index is 13.0. The highest BCUT2D eigenvalue weighted by Gasteiger charge is 2.28. The summed E-state index contributed by atoms with van der Waals surface area (Å²) in [6, 6.07) is 17.9. The number of hydrogen-bond acceptors (Lipinski definition) is 4. The average Bonchev–Trinajstić information content (AvgIpc) is 2.74. The predicted octanol–water partition coefficient (Wildman–Crippen LogP) is 3.63. The summed E-state index contributed by atoms with van der Waals surface area (Å²) in [5.41, 5.74) is 3.32. The van der Waals surface area contributed by atoms with Gasteiger partial charge in [0.1, 0.15) is 0 Å². The highest BCUT2D eigenvalue weighted by molar-refractivity contribution is 5.80. The lowest BCUT2D eigenvalue weighted by atomic mass is 9.95. The number of ether oxygens (including phenoxy) is 1. The summed E-state index contributed by atoms with van der Waals surface area (Å²) in [6.07, 6.45) is 2.00. The Kier molecular flexibility index (Phi) is 7.42. The van der Waals surface area contributed by atoms with E-state index in [0.717, 1.165) is 43.6 Å². The van der Waals surface area contributed by atoms with Crippen molar-refractivity contribution < 1.29 is 14.3 Å². The standard InChI is InChI=1S/C24H30N2O3/c1-18-10-12-20(13-11-18)22(15-23(27)29-2)25-24(28)21-9-6-14-26(17-21)16-19-7-4-3-5-8-19/h3-5,7-8,10-13,21-22H,6,9,14-17H2,1-2H3,(H,25,28). The van der Waals surface area contributed by atoms with Gasteiger partial charge in [-0.05, 0) is 37.4 Å². The van der Waals surface area contributed by atoms with E-state index in [9.17, 15) is 9.59 Å². The van der Waals surface area contributed by atoms with Crippen LogP contribution >= 0.6 is 0 Å². The molecule has 0 radical (unpaired) electrons. The van der Waals surface area contributed by atoms with Gasteiger partial charge in [0.15, 0.2) is 0 Å². The van der Waals surface area contributed by atoms with Gasteiger partial charge in [0, 0.05) is 13.1 Å². The summed E-state index contributed by atoms with van der Waals surface area (Å²) in [5.74, 6) is -0.388. The van der Waals surface area contributed by atoms with Crippen molar-refractivity contribution in [1.29, 1.82) is 0 Å². The molecule has 1 fully saturated rings. The third-order valence-corrected chi connectivity index (χ3v) is 5.52. The molecule has 2 atom stereocenters. The molecule has 5 nitrogen and oxygen atoms in total. The van der Waals surface area contributed by atoms with Gasteiger partial charge < -0.3 is 10.1 Å². The largest absolute Gasteiger partial charge is 0.469 e. The molecule has 154 valence electrons. The van der Waals surface area contributed by atoms with Gasteiger partial charge in [-0.1, -0.05) is 60.2 Å². The first-order valence-electron chi connectivity index (χ1n) is 10.2. The summed E-state index contributed by atoms with van der Waals surface area (Å²) >= 11 is 0. The van der Waals surface area contributed by atoms with E-state index in [2.05, 4.69) is 22.3 Å². The van der Waals surface area contributed by atoms with E-state index in [1.54, 1.807) is 0 Å².